The third-order valence-corrected chi connectivity index (χ3v) is 8.36. The lowest BCUT2D eigenvalue weighted by Crippen LogP contribution is -2.54. The summed E-state index contributed by atoms with van der Waals surface area (Å²) in [4.78, 5) is 0.159. The number of hydrogen-bond donors (Lipinski definition) is 0. The first kappa shape index (κ1) is 19.6. The summed E-state index contributed by atoms with van der Waals surface area (Å²) >= 11 is 5.79. The molecule has 0 atom stereocenters. The second-order valence-corrected chi connectivity index (χ2v) is 9.65. The number of nitrogens with zero attached hydrogens (tertiary/aromatic N) is 3. The average Bonchev–Trinajstić information content (AvgIpc) is 2.56. The maximum Gasteiger partial charge on any atom is 0.282 e. The van der Waals surface area contributed by atoms with Crippen LogP contribution in [-0.4, -0.2) is 69.0 Å². The van der Waals surface area contributed by atoms with Gasteiger partial charge >= 0.3 is 0 Å². The van der Waals surface area contributed by atoms with E-state index in [1.54, 1.807) is 13.8 Å². The van der Waals surface area contributed by atoms with E-state index >= 15 is 0 Å². The van der Waals surface area contributed by atoms with E-state index in [0.717, 1.165) is 0 Å². The minimum absolute atomic E-state index is 0.130. The molecule has 1 aliphatic heterocycles. The molecule has 0 saturated carbocycles. The maximum absolute atomic E-state index is 12.6. The van der Waals surface area contributed by atoms with Gasteiger partial charge in [-0.25, -0.2) is 8.42 Å². The normalized spacial score (nSPS) is 18.2. The van der Waals surface area contributed by atoms with E-state index in [0.29, 0.717) is 18.1 Å². The molecular weight excluding hydrogens is 374 g/mol. The van der Waals surface area contributed by atoms with E-state index < -0.39 is 20.2 Å². The lowest BCUT2D eigenvalue weighted by Gasteiger charge is -2.35. The molecule has 7 nitrogen and oxygen atoms in total. The van der Waals surface area contributed by atoms with Crippen LogP contribution in [0.15, 0.2) is 29.2 Å². The molecule has 1 saturated heterocycles. The molecule has 0 bridgehead atoms. The Bertz CT molecular complexity index is 754. The minimum Gasteiger partial charge on any atom is -0.207 e. The predicted molar refractivity (Wildman–Crippen MR) is 93.6 cm³/mol. The molecule has 0 spiro atoms. The van der Waals surface area contributed by atoms with Crippen molar-refractivity contribution in [2.24, 2.45) is 0 Å². The molecule has 0 N–H and O–H groups in total. The van der Waals surface area contributed by atoms with E-state index in [-0.39, 0.29) is 31.1 Å². The van der Waals surface area contributed by atoms with E-state index in [2.05, 4.69) is 0 Å². The van der Waals surface area contributed by atoms with Crippen LogP contribution in [0.2, 0.25) is 5.02 Å². The number of piperazine rings is 1. The number of rotatable bonds is 6. The molecule has 2 rings (SSSR count). The molecule has 1 heterocycles. The fourth-order valence-corrected chi connectivity index (χ4v) is 5.76. The molecule has 0 aromatic heterocycles. The van der Waals surface area contributed by atoms with Gasteiger partial charge in [0.1, 0.15) is 0 Å². The zero-order valence-corrected chi connectivity index (χ0v) is 16.1. The number of hydrogen-bond acceptors (Lipinski definition) is 4. The topological polar surface area (TPSA) is 78.0 Å². The van der Waals surface area contributed by atoms with Crippen LogP contribution in [0.4, 0.5) is 0 Å². The monoisotopic (exact) mass is 395 g/mol. The van der Waals surface area contributed by atoms with Crippen LogP contribution < -0.4 is 0 Å². The summed E-state index contributed by atoms with van der Waals surface area (Å²) in [5.74, 6) is 0. The summed E-state index contributed by atoms with van der Waals surface area (Å²) in [5.41, 5.74) is 0. The standard InChI is InChI=1S/C14H22ClN3O4S2/c1-3-16(4-2)24(21,22)18-11-9-17(10-12-18)23(19,20)14-7-5-13(15)6-8-14/h5-8H,3-4,9-12H2,1-2H3. The Morgan fingerprint density at radius 3 is 1.83 bits per heavy atom. The zero-order valence-electron chi connectivity index (χ0n) is 13.7. The third kappa shape index (κ3) is 3.92. The lowest BCUT2D eigenvalue weighted by molar-refractivity contribution is 0.256. The van der Waals surface area contributed by atoms with Crippen molar-refractivity contribution >= 4 is 31.8 Å². The summed E-state index contributed by atoms with van der Waals surface area (Å²) in [6.07, 6.45) is 0. The van der Waals surface area contributed by atoms with Gasteiger partial charge in [0.25, 0.3) is 10.2 Å². The van der Waals surface area contributed by atoms with Crippen molar-refractivity contribution in [2.75, 3.05) is 39.3 Å². The maximum atomic E-state index is 12.6. The molecule has 1 aliphatic rings. The van der Waals surface area contributed by atoms with Crippen LogP contribution in [0.5, 0.6) is 0 Å². The van der Waals surface area contributed by atoms with E-state index in [1.165, 1.54) is 37.2 Å². The van der Waals surface area contributed by atoms with Crippen molar-refractivity contribution in [3.05, 3.63) is 29.3 Å². The Hall–Kier alpha value is -0.710. The van der Waals surface area contributed by atoms with E-state index in [4.69, 9.17) is 11.6 Å². The van der Waals surface area contributed by atoms with Gasteiger partial charge < -0.3 is 0 Å². The highest BCUT2D eigenvalue weighted by Gasteiger charge is 2.34. The lowest BCUT2D eigenvalue weighted by atomic mass is 10.4. The smallest absolute Gasteiger partial charge is 0.207 e. The van der Waals surface area contributed by atoms with Crippen molar-refractivity contribution in [3.63, 3.8) is 0 Å². The molecule has 1 aromatic rings. The Kier molecular flexibility index (Phi) is 6.27. The van der Waals surface area contributed by atoms with Gasteiger partial charge in [0.15, 0.2) is 0 Å². The Labute approximate surface area is 149 Å². The van der Waals surface area contributed by atoms with Crippen LogP contribution in [0.25, 0.3) is 0 Å². The summed E-state index contributed by atoms with van der Waals surface area (Å²) < 4.78 is 54.2. The first-order chi connectivity index (χ1) is 11.2. The van der Waals surface area contributed by atoms with Gasteiger partial charge in [-0.2, -0.15) is 21.3 Å². The van der Waals surface area contributed by atoms with E-state index in [1.807, 2.05) is 0 Å². The number of halogens is 1. The van der Waals surface area contributed by atoms with Crippen LogP contribution in [-0.2, 0) is 20.2 Å². The van der Waals surface area contributed by atoms with Crippen LogP contribution in [0, 0.1) is 0 Å². The molecule has 0 unspecified atom stereocenters. The predicted octanol–water partition coefficient (Wildman–Crippen LogP) is 1.23. The van der Waals surface area contributed by atoms with E-state index in [9.17, 15) is 16.8 Å². The molecule has 1 aromatic carbocycles. The Morgan fingerprint density at radius 1 is 0.917 bits per heavy atom. The quantitative estimate of drug-likeness (QED) is 0.725. The Morgan fingerprint density at radius 2 is 1.38 bits per heavy atom. The second kappa shape index (κ2) is 7.67. The van der Waals surface area contributed by atoms with Crippen molar-refractivity contribution in [2.45, 2.75) is 18.7 Å². The molecule has 0 radical (unpaired) electrons. The summed E-state index contributed by atoms with van der Waals surface area (Å²) in [6, 6.07) is 5.96. The van der Waals surface area contributed by atoms with Gasteiger partial charge in [0.05, 0.1) is 4.90 Å². The first-order valence-electron chi connectivity index (χ1n) is 7.74. The third-order valence-electron chi connectivity index (χ3n) is 4.01. The van der Waals surface area contributed by atoms with Gasteiger partial charge in [-0.15, -0.1) is 0 Å². The van der Waals surface area contributed by atoms with Crippen molar-refractivity contribution in [1.82, 2.24) is 12.9 Å². The summed E-state index contributed by atoms with van der Waals surface area (Å²) in [7, 11) is -7.18. The Balaban J connectivity index is 2.11. The van der Waals surface area contributed by atoms with Crippen LogP contribution in [0.1, 0.15) is 13.8 Å². The average molecular weight is 396 g/mol. The highest BCUT2D eigenvalue weighted by Crippen LogP contribution is 2.21. The second-order valence-electron chi connectivity index (χ2n) is 5.35. The fourth-order valence-electron chi connectivity index (χ4n) is 2.61. The molecule has 136 valence electrons. The highest BCUT2D eigenvalue weighted by atomic mass is 35.5. The summed E-state index contributed by atoms with van der Waals surface area (Å²) in [5, 5.41) is 0.462. The van der Waals surface area contributed by atoms with Crippen molar-refractivity contribution in [3.8, 4) is 0 Å². The van der Waals surface area contributed by atoms with Gasteiger partial charge in [-0.3, -0.25) is 0 Å². The van der Waals surface area contributed by atoms with Gasteiger partial charge in [0.2, 0.25) is 10.0 Å². The molecular formula is C14H22ClN3O4S2. The fraction of sp³-hybridized carbons (Fsp3) is 0.571. The molecule has 1 fully saturated rings. The van der Waals surface area contributed by atoms with Crippen molar-refractivity contribution < 1.29 is 16.8 Å². The molecule has 24 heavy (non-hydrogen) atoms. The number of benzene rings is 1. The minimum atomic E-state index is -3.64. The van der Waals surface area contributed by atoms with Gasteiger partial charge in [0, 0.05) is 44.3 Å². The number of sulfonamides is 1. The van der Waals surface area contributed by atoms with Crippen LogP contribution >= 0.6 is 11.6 Å². The molecule has 0 aliphatic carbocycles. The van der Waals surface area contributed by atoms with Crippen molar-refractivity contribution in [1.29, 1.82) is 0 Å². The molecule has 0 amide bonds. The first-order valence-corrected chi connectivity index (χ1v) is 11.0. The SMILES string of the molecule is CCN(CC)S(=O)(=O)N1CCN(S(=O)(=O)c2ccc(Cl)cc2)CC1. The van der Waals surface area contributed by atoms with Gasteiger partial charge in [-0.05, 0) is 24.3 Å². The molecule has 10 heteroatoms. The summed E-state index contributed by atoms with van der Waals surface area (Å²) in [6.45, 7) is 4.89. The zero-order chi connectivity index (χ0) is 18.0. The van der Waals surface area contributed by atoms with Crippen LogP contribution in [0.3, 0.4) is 0 Å². The largest absolute Gasteiger partial charge is 0.282 e. The highest BCUT2D eigenvalue weighted by molar-refractivity contribution is 7.89. The van der Waals surface area contributed by atoms with Gasteiger partial charge in [-0.1, -0.05) is 25.4 Å².